The highest BCUT2D eigenvalue weighted by molar-refractivity contribution is 5.47. The molecule has 2 N–H and O–H groups in total. The van der Waals surface area contributed by atoms with E-state index in [-0.39, 0.29) is 6.04 Å². The number of nitrogens with zero attached hydrogens (tertiary/aromatic N) is 5. The number of rotatable bonds is 4. The molecule has 1 fully saturated rings. The molecule has 0 bridgehead atoms. The highest BCUT2D eigenvalue weighted by Gasteiger charge is 2.21. The molecule has 1 atom stereocenters. The molecule has 3 heterocycles. The number of hydrogen-bond donors (Lipinski definition) is 1. The van der Waals surface area contributed by atoms with Gasteiger partial charge in [-0.25, -0.2) is 0 Å². The topological polar surface area (TPSA) is 95.2 Å². The van der Waals surface area contributed by atoms with Gasteiger partial charge in [0.05, 0.1) is 24.9 Å². The van der Waals surface area contributed by atoms with E-state index in [0.717, 1.165) is 37.7 Å². The molecule has 0 radical (unpaired) electrons. The van der Waals surface area contributed by atoms with Crippen molar-refractivity contribution in [2.75, 3.05) is 32.8 Å². The minimum absolute atomic E-state index is 0.269. The van der Waals surface area contributed by atoms with Gasteiger partial charge < -0.3 is 15.0 Å². The maximum atomic E-state index is 6.17. The van der Waals surface area contributed by atoms with Crippen LogP contribution in [0.4, 0.5) is 0 Å². The number of morpholine rings is 1. The zero-order chi connectivity index (χ0) is 14.8. The summed E-state index contributed by atoms with van der Waals surface area (Å²) in [4.78, 5) is 6.65. The summed E-state index contributed by atoms with van der Waals surface area (Å²) in [5.74, 6) is 0.973. The molecule has 0 aliphatic carbocycles. The van der Waals surface area contributed by atoms with Gasteiger partial charge >= 0.3 is 0 Å². The average Bonchev–Trinajstić information content (AvgIpc) is 3.06. The molecule has 1 aliphatic heterocycles. The molecule has 0 amide bonds. The molecular weight excluding hydrogens is 272 g/mol. The summed E-state index contributed by atoms with van der Waals surface area (Å²) in [6, 6.07) is 1.64. The molecule has 21 heavy (non-hydrogen) atoms. The Kier molecular flexibility index (Phi) is 4.00. The third-order valence-electron chi connectivity index (χ3n) is 3.55. The van der Waals surface area contributed by atoms with Gasteiger partial charge in [0.1, 0.15) is 5.69 Å². The van der Waals surface area contributed by atoms with Crippen LogP contribution in [-0.4, -0.2) is 57.7 Å². The summed E-state index contributed by atoms with van der Waals surface area (Å²) in [5, 5.41) is 8.27. The smallest absolute Gasteiger partial charge is 0.276 e. The Balaban J connectivity index is 1.70. The minimum Gasteiger partial charge on any atom is -0.379 e. The van der Waals surface area contributed by atoms with Crippen LogP contribution in [-0.2, 0) is 11.8 Å². The van der Waals surface area contributed by atoms with Crippen LogP contribution in [0.15, 0.2) is 10.6 Å². The lowest BCUT2D eigenvalue weighted by atomic mass is 10.2. The molecular formula is C13H20N6O2. The van der Waals surface area contributed by atoms with Crippen molar-refractivity contribution in [2.45, 2.75) is 13.0 Å². The fourth-order valence-corrected chi connectivity index (χ4v) is 2.44. The Hall–Kier alpha value is -1.77. The lowest BCUT2D eigenvalue weighted by molar-refractivity contribution is 0.0348. The first-order valence-electron chi connectivity index (χ1n) is 7.04. The van der Waals surface area contributed by atoms with Crippen molar-refractivity contribution in [3.8, 4) is 11.6 Å². The first-order valence-corrected chi connectivity index (χ1v) is 7.04. The molecule has 1 unspecified atom stereocenters. The van der Waals surface area contributed by atoms with Crippen LogP contribution in [0.3, 0.4) is 0 Å². The molecule has 1 aliphatic rings. The van der Waals surface area contributed by atoms with Crippen LogP contribution in [0.1, 0.15) is 17.6 Å². The summed E-state index contributed by atoms with van der Waals surface area (Å²) in [7, 11) is 1.85. The molecule has 2 aromatic heterocycles. The van der Waals surface area contributed by atoms with Crippen molar-refractivity contribution >= 4 is 0 Å². The predicted molar refractivity (Wildman–Crippen MR) is 75.4 cm³/mol. The third kappa shape index (κ3) is 3.12. The molecule has 0 aromatic carbocycles. The second-order valence-corrected chi connectivity index (χ2v) is 5.27. The second-order valence-electron chi connectivity index (χ2n) is 5.27. The third-order valence-corrected chi connectivity index (χ3v) is 3.55. The van der Waals surface area contributed by atoms with Crippen molar-refractivity contribution in [3.05, 3.63) is 17.6 Å². The molecule has 0 spiro atoms. The highest BCUT2D eigenvalue weighted by atomic mass is 16.5. The molecule has 8 nitrogen and oxygen atoms in total. The Morgan fingerprint density at radius 2 is 2.14 bits per heavy atom. The Bertz CT molecular complexity index is 602. The van der Waals surface area contributed by atoms with Gasteiger partial charge in [-0.15, -0.1) is 0 Å². The number of ether oxygens (including phenoxy) is 1. The Morgan fingerprint density at radius 3 is 2.81 bits per heavy atom. The van der Waals surface area contributed by atoms with E-state index in [1.807, 2.05) is 20.0 Å². The fraction of sp³-hybridized carbons (Fsp3) is 0.615. The standard InChI is InChI=1S/C13H20N6O2/c1-9-7-11(18(2)16-9)13-15-12(17-21-13)10(14)8-19-3-5-20-6-4-19/h7,10H,3-6,8,14H2,1-2H3. The van der Waals surface area contributed by atoms with Crippen molar-refractivity contribution in [2.24, 2.45) is 12.8 Å². The van der Waals surface area contributed by atoms with Crippen LogP contribution in [0.5, 0.6) is 0 Å². The van der Waals surface area contributed by atoms with Crippen LogP contribution >= 0.6 is 0 Å². The van der Waals surface area contributed by atoms with Gasteiger partial charge in [-0.1, -0.05) is 5.16 Å². The van der Waals surface area contributed by atoms with E-state index in [1.165, 1.54) is 0 Å². The van der Waals surface area contributed by atoms with Gasteiger partial charge in [-0.2, -0.15) is 10.1 Å². The molecule has 1 saturated heterocycles. The number of nitrogens with two attached hydrogens (primary N) is 1. The van der Waals surface area contributed by atoms with E-state index in [0.29, 0.717) is 18.3 Å². The largest absolute Gasteiger partial charge is 0.379 e. The number of aryl methyl sites for hydroxylation is 2. The molecule has 8 heteroatoms. The van der Waals surface area contributed by atoms with Gasteiger partial charge in [-0.05, 0) is 13.0 Å². The second kappa shape index (κ2) is 5.92. The van der Waals surface area contributed by atoms with Gasteiger partial charge in [0.25, 0.3) is 5.89 Å². The molecule has 3 rings (SSSR count). The van der Waals surface area contributed by atoms with E-state index in [4.69, 9.17) is 15.0 Å². The van der Waals surface area contributed by atoms with Gasteiger partial charge in [0.2, 0.25) is 0 Å². The predicted octanol–water partition coefficient (Wildman–Crippen LogP) is 0.111. The van der Waals surface area contributed by atoms with Crippen LogP contribution in [0, 0.1) is 6.92 Å². The van der Waals surface area contributed by atoms with Crippen LogP contribution in [0.2, 0.25) is 0 Å². The van der Waals surface area contributed by atoms with E-state index in [1.54, 1.807) is 4.68 Å². The summed E-state index contributed by atoms with van der Waals surface area (Å²) >= 11 is 0. The zero-order valence-electron chi connectivity index (χ0n) is 12.3. The SMILES string of the molecule is Cc1cc(-c2nc(C(N)CN3CCOCC3)no2)n(C)n1. The number of aromatic nitrogens is 4. The quantitative estimate of drug-likeness (QED) is 0.854. The first-order chi connectivity index (χ1) is 10.1. The van der Waals surface area contributed by atoms with E-state index >= 15 is 0 Å². The van der Waals surface area contributed by atoms with E-state index < -0.39 is 0 Å². The van der Waals surface area contributed by atoms with Gasteiger partial charge in [0.15, 0.2) is 5.82 Å². The van der Waals surface area contributed by atoms with Gasteiger partial charge in [-0.3, -0.25) is 9.58 Å². The number of hydrogen-bond acceptors (Lipinski definition) is 7. The minimum atomic E-state index is -0.269. The van der Waals surface area contributed by atoms with Crippen molar-refractivity contribution < 1.29 is 9.26 Å². The average molecular weight is 292 g/mol. The first kappa shape index (κ1) is 14.2. The molecule has 2 aromatic rings. The maximum absolute atomic E-state index is 6.17. The summed E-state index contributed by atoms with van der Waals surface area (Å²) in [6.07, 6.45) is 0. The van der Waals surface area contributed by atoms with E-state index in [9.17, 15) is 0 Å². The van der Waals surface area contributed by atoms with Crippen molar-refractivity contribution in [3.63, 3.8) is 0 Å². The summed E-state index contributed by atoms with van der Waals surface area (Å²) < 4.78 is 12.4. The van der Waals surface area contributed by atoms with E-state index in [2.05, 4.69) is 20.1 Å². The Morgan fingerprint density at radius 1 is 1.38 bits per heavy atom. The van der Waals surface area contributed by atoms with Crippen molar-refractivity contribution in [1.82, 2.24) is 24.8 Å². The molecule has 0 saturated carbocycles. The Labute approximate surface area is 122 Å². The van der Waals surface area contributed by atoms with Crippen LogP contribution in [0.25, 0.3) is 11.6 Å². The lowest BCUT2D eigenvalue weighted by Crippen LogP contribution is -2.40. The van der Waals surface area contributed by atoms with Crippen molar-refractivity contribution in [1.29, 1.82) is 0 Å². The lowest BCUT2D eigenvalue weighted by Gasteiger charge is -2.27. The maximum Gasteiger partial charge on any atom is 0.276 e. The van der Waals surface area contributed by atoms with Gasteiger partial charge in [0, 0.05) is 26.7 Å². The monoisotopic (exact) mass is 292 g/mol. The molecule has 114 valence electrons. The summed E-state index contributed by atoms with van der Waals surface area (Å²) in [6.45, 7) is 5.90. The summed E-state index contributed by atoms with van der Waals surface area (Å²) in [5.41, 5.74) is 7.87. The fourth-order valence-electron chi connectivity index (χ4n) is 2.44. The zero-order valence-corrected chi connectivity index (χ0v) is 12.3. The normalized spacial score (nSPS) is 18.0. The van der Waals surface area contributed by atoms with Crippen LogP contribution < -0.4 is 5.73 Å². The highest BCUT2D eigenvalue weighted by Crippen LogP contribution is 2.19.